The molecule has 0 rings (SSSR count). The molecule has 0 atom stereocenters. The van der Waals surface area contributed by atoms with E-state index in [9.17, 15) is 0 Å². The number of hydrogen-bond acceptors (Lipinski definition) is 1. The van der Waals surface area contributed by atoms with E-state index < -0.39 is 0 Å². The van der Waals surface area contributed by atoms with E-state index in [1.54, 1.807) is 0 Å². The summed E-state index contributed by atoms with van der Waals surface area (Å²) < 4.78 is 0. The molecule has 1 heteroatoms. The number of nitrogens with two attached hydrogens (primary N) is 1. The van der Waals surface area contributed by atoms with Crippen LogP contribution in [-0.2, 0) is 0 Å². The van der Waals surface area contributed by atoms with E-state index in [-0.39, 0.29) is 0 Å². The highest BCUT2D eigenvalue weighted by Gasteiger charge is 2.01. The lowest BCUT2D eigenvalue weighted by molar-refractivity contribution is 0.768. The van der Waals surface area contributed by atoms with Gasteiger partial charge in [0.2, 0.25) is 0 Å². The Morgan fingerprint density at radius 2 is 2.10 bits per heavy atom. The van der Waals surface area contributed by atoms with E-state index >= 15 is 0 Å². The summed E-state index contributed by atoms with van der Waals surface area (Å²) in [5, 5.41) is 0. The van der Waals surface area contributed by atoms with Crippen LogP contribution in [-0.4, -0.2) is 0 Å². The Labute approximate surface area is 63.6 Å². The van der Waals surface area contributed by atoms with Crippen molar-refractivity contribution in [2.75, 3.05) is 0 Å². The molecule has 2 N–H and O–H groups in total. The summed E-state index contributed by atoms with van der Waals surface area (Å²) >= 11 is 0. The maximum Gasteiger partial charge on any atom is 0.0113 e. The Morgan fingerprint density at radius 3 is 2.20 bits per heavy atom. The lowest BCUT2D eigenvalue weighted by Crippen LogP contribution is -2.04. The summed E-state index contributed by atoms with van der Waals surface area (Å²) in [6, 6.07) is 0. The fourth-order valence-electron chi connectivity index (χ4n) is 0.942. The van der Waals surface area contributed by atoms with Crippen molar-refractivity contribution in [3.05, 3.63) is 23.9 Å². The molecule has 0 heterocycles. The Balaban J connectivity index is 4.45. The highest BCUT2D eigenvalue weighted by Crippen LogP contribution is 2.14. The molecule has 0 aliphatic carbocycles. The fraction of sp³-hybridized carbons (Fsp3) is 0.556. The number of rotatable bonds is 3. The van der Waals surface area contributed by atoms with E-state index in [4.69, 9.17) is 5.73 Å². The Morgan fingerprint density at radius 1 is 1.60 bits per heavy atom. The van der Waals surface area contributed by atoms with Crippen molar-refractivity contribution < 1.29 is 0 Å². The van der Waals surface area contributed by atoms with Gasteiger partial charge in [-0.05, 0) is 17.9 Å². The smallest absolute Gasteiger partial charge is 0.0113 e. The monoisotopic (exact) mass is 139 g/mol. The van der Waals surface area contributed by atoms with Gasteiger partial charge in [0.05, 0.1) is 0 Å². The van der Waals surface area contributed by atoms with Crippen LogP contribution in [0.15, 0.2) is 23.9 Å². The summed E-state index contributed by atoms with van der Waals surface area (Å²) in [7, 11) is 0. The van der Waals surface area contributed by atoms with Crippen molar-refractivity contribution in [3.63, 3.8) is 0 Å². The highest BCUT2D eigenvalue weighted by atomic mass is 14.6. The first-order chi connectivity index (χ1) is 4.63. The van der Waals surface area contributed by atoms with Crippen LogP contribution in [0.25, 0.3) is 0 Å². The number of hydrogen-bond donors (Lipinski definition) is 1. The van der Waals surface area contributed by atoms with E-state index in [1.165, 1.54) is 5.57 Å². The summed E-state index contributed by atoms with van der Waals surface area (Å²) in [5.41, 5.74) is 7.88. The summed E-state index contributed by atoms with van der Waals surface area (Å²) in [5.74, 6) is 0.498. The molecule has 0 radical (unpaired) electrons. The van der Waals surface area contributed by atoms with Crippen LogP contribution in [0.5, 0.6) is 0 Å². The van der Waals surface area contributed by atoms with Gasteiger partial charge in [0.1, 0.15) is 0 Å². The maximum atomic E-state index is 5.74. The molecule has 0 amide bonds. The second-order valence-corrected chi connectivity index (χ2v) is 2.69. The van der Waals surface area contributed by atoms with Crippen LogP contribution in [0.1, 0.15) is 27.2 Å². The van der Waals surface area contributed by atoms with E-state index in [0.717, 1.165) is 12.1 Å². The molecule has 10 heavy (non-hydrogen) atoms. The summed E-state index contributed by atoms with van der Waals surface area (Å²) in [6.45, 7) is 10.0. The molecule has 0 aliphatic rings. The van der Waals surface area contributed by atoms with Gasteiger partial charge >= 0.3 is 0 Å². The average Bonchev–Trinajstić information content (AvgIpc) is 1.88. The minimum absolute atomic E-state index is 0.498. The van der Waals surface area contributed by atoms with E-state index in [1.807, 2.05) is 6.08 Å². The van der Waals surface area contributed by atoms with Crippen LogP contribution in [0.2, 0.25) is 0 Å². The van der Waals surface area contributed by atoms with Crippen LogP contribution in [0.3, 0.4) is 0 Å². The normalized spacial score (nSPS) is 13.2. The second kappa shape index (κ2) is 4.15. The molecule has 0 spiro atoms. The van der Waals surface area contributed by atoms with Gasteiger partial charge in [-0.2, -0.15) is 0 Å². The van der Waals surface area contributed by atoms with Crippen LogP contribution in [0.4, 0.5) is 0 Å². The van der Waals surface area contributed by atoms with Crippen molar-refractivity contribution in [1.82, 2.24) is 0 Å². The predicted octanol–water partition coefficient (Wildman–Crippen LogP) is 2.45. The molecule has 0 fully saturated rings. The topological polar surface area (TPSA) is 26.0 Å². The van der Waals surface area contributed by atoms with E-state index in [0.29, 0.717) is 5.92 Å². The van der Waals surface area contributed by atoms with Gasteiger partial charge in [0.15, 0.2) is 0 Å². The summed E-state index contributed by atoms with van der Waals surface area (Å²) in [4.78, 5) is 0. The molecule has 58 valence electrons. The molecule has 0 aromatic heterocycles. The molecule has 0 saturated carbocycles. The summed E-state index contributed by atoms with van der Waals surface area (Å²) in [6.07, 6.45) is 2.77. The molecule has 0 aromatic carbocycles. The lowest BCUT2D eigenvalue weighted by Gasteiger charge is -2.09. The maximum absolute atomic E-state index is 5.74. The zero-order valence-corrected chi connectivity index (χ0v) is 7.15. The van der Waals surface area contributed by atoms with Crippen LogP contribution >= 0.6 is 0 Å². The third-order valence-corrected chi connectivity index (χ3v) is 1.59. The molecule has 0 aliphatic heterocycles. The average molecular weight is 139 g/mol. The zero-order chi connectivity index (χ0) is 8.15. The molecule has 0 bridgehead atoms. The lowest BCUT2D eigenvalue weighted by atomic mass is 10.0. The largest absolute Gasteiger partial charge is 0.402 e. The molecule has 0 unspecified atom stereocenters. The highest BCUT2D eigenvalue weighted by molar-refractivity contribution is 5.23. The quantitative estimate of drug-likeness (QED) is 0.597. The van der Waals surface area contributed by atoms with E-state index in [2.05, 4.69) is 27.4 Å². The fourth-order valence-corrected chi connectivity index (χ4v) is 0.942. The molecule has 0 aromatic rings. The van der Waals surface area contributed by atoms with Gasteiger partial charge in [-0.3, -0.25) is 0 Å². The van der Waals surface area contributed by atoms with Crippen LogP contribution in [0, 0.1) is 5.92 Å². The van der Waals surface area contributed by atoms with Gasteiger partial charge in [0, 0.05) is 5.70 Å². The Bertz CT molecular complexity index is 143. The van der Waals surface area contributed by atoms with Gasteiger partial charge in [0.25, 0.3) is 0 Å². The third-order valence-electron chi connectivity index (χ3n) is 1.59. The van der Waals surface area contributed by atoms with Crippen molar-refractivity contribution in [2.24, 2.45) is 11.7 Å². The van der Waals surface area contributed by atoms with Crippen LogP contribution < -0.4 is 5.73 Å². The first kappa shape index (κ1) is 9.28. The first-order valence-corrected chi connectivity index (χ1v) is 3.74. The van der Waals surface area contributed by atoms with Gasteiger partial charge in [-0.1, -0.05) is 33.4 Å². The van der Waals surface area contributed by atoms with Crippen molar-refractivity contribution >= 4 is 0 Å². The molecular formula is C9H17N. The first-order valence-electron chi connectivity index (χ1n) is 3.74. The minimum Gasteiger partial charge on any atom is -0.402 e. The third kappa shape index (κ3) is 2.26. The number of allylic oxidation sites excluding steroid dienone is 3. The SMILES string of the molecule is C=C/C(=C(/N)CC)C(C)C. The second-order valence-electron chi connectivity index (χ2n) is 2.69. The van der Waals surface area contributed by atoms with Gasteiger partial charge in [-0.25, -0.2) is 0 Å². The predicted molar refractivity (Wildman–Crippen MR) is 46.5 cm³/mol. The van der Waals surface area contributed by atoms with Crippen molar-refractivity contribution in [2.45, 2.75) is 27.2 Å². The van der Waals surface area contributed by atoms with Crippen molar-refractivity contribution in [1.29, 1.82) is 0 Å². The Hall–Kier alpha value is -0.720. The van der Waals surface area contributed by atoms with Gasteiger partial charge < -0.3 is 5.73 Å². The molecule has 0 saturated heterocycles. The molecule has 1 nitrogen and oxygen atoms in total. The molecular weight excluding hydrogens is 122 g/mol. The standard InChI is InChI=1S/C9H17N/c1-5-8(7(3)4)9(10)6-2/h5,7H,1,6,10H2,2-4H3/b9-8-. The minimum atomic E-state index is 0.498. The Kier molecular flexibility index (Phi) is 3.85. The zero-order valence-electron chi connectivity index (χ0n) is 7.15. The van der Waals surface area contributed by atoms with Gasteiger partial charge in [-0.15, -0.1) is 0 Å². The van der Waals surface area contributed by atoms with Crippen molar-refractivity contribution in [3.8, 4) is 0 Å².